The minimum atomic E-state index is -0.819. The lowest BCUT2D eigenvalue weighted by Gasteiger charge is -2.60. The van der Waals surface area contributed by atoms with Crippen LogP contribution in [0.25, 0.3) is 11.0 Å². The van der Waals surface area contributed by atoms with Crippen molar-refractivity contribution in [2.75, 3.05) is 12.4 Å². The molecular formula is C24H31N3O7. The predicted octanol–water partition coefficient (Wildman–Crippen LogP) is 4.33. The Kier molecular flexibility index (Phi) is 5.07. The molecule has 8 atom stereocenters. The van der Waals surface area contributed by atoms with Gasteiger partial charge in [0.1, 0.15) is 5.75 Å². The number of methoxy groups -OCH3 is 1. The molecule has 1 aliphatic carbocycles. The number of aromatic nitrogens is 2. The highest BCUT2D eigenvalue weighted by Gasteiger charge is 2.69. The minimum absolute atomic E-state index is 0.0647. The van der Waals surface area contributed by atoms with E-state index in [1.807, 2.05) is 25.1 Å². The second-order valence-electron chi connectivity index (χ2n) is 10.3. The smallest absolute Gasteiger partial charge is 0.413 e. The van der Waals surface area contributed by atoms with Crippen LogP contribution in [0.15, 0.2) is 18.2 Å². The standard InChI is InChI=1S/C24H31N3O7/c1-12-5-7-16-13(2)19(31-20-24(16)15(12)9-10-23(3,32-20)33-34-24)30-14-6-8-17-18(11-14)26-21(25-17)27-22(28)29-4/h6,8,11-13,15-16,19-20H,5,7,9-10H2,1-4H3,(H2,25,26,27,28)/t12-,13-,15+,16?,19?,20-,23+,24-/m1/s1. The Morgan fingerprint density at radius 3 is 2.88 bits per heavy atom. The number of rotatable bonds is 3. The summed E-state index contributed by atoms with van der Waals surface area (Å²) in [5, 5.41) is 2.54. The molecule has 2 bridgehead atoms. The third-order valence-corrected chi connectivity index (χ3v) is 8.21. The van der Waals surface area contributed by atoms with E-state index in [9.17, 15) is 4.79 Å². The summed E-state index contributed by atoms with van der Waals surface area (Å²) in [5.41, 5.74) is 0.807. The van der Waals surface area contributed by atoms with Gasteiger partial charge in [0, 0.05) is 24.3 Å². The Morgan fingerprint density at radius 2 is 2.06 bits per heavy atom. The minimum Gasteiger partial charge on any atom is -0.464 e. The molecule has 1 amide bonds. The van der Waals surface area contributed by atoms with Gasteiger partial charge in [0.25, 0.3) is 0 Å². The van der Waals surface area contributed by atoms with E-state index in [1.54, 1.807) is 0 Å². The number of aromatic amines is 1. The van der Waals surface area contributed by atoms with Gasteiger partial charge in [0.15, 0.2) is 11.9 Å². The fourth-order valence-corrected chi connectivity index (χ4v) is 6.41. The molecule has 4 saturated heterocycles. The first-order valence-electron chi connectivity index (χ1n) is 12.0. The average molecular weight is 474 g/mol. The molecule has 7 rings (SSSR count). The number of H-pyrrole nitrogens is 1. The molecule has 2 aromatic rings. The molecule has 10 nitrogen and oxygen atoms in total. The molecule has 1 aromatic carbocycles. The first-order chi connectivity index (χ1) is 16.3. The number of hydrogen-bond donors (Lipinski definition) is 2. The molecule has 1 aromatic heterocycles. The molecule has 2 unspecified atom stereocenters. The largest absolute Gasteiger partial charge is 0.464 e. The van der Waals surface area contributed by atoms with E-state index in [0.29, 0.717) is 29.1 Å². The summed E-state index contributed by atoms with van der Waals surface area (Å²) in [6.07, 6.45) is 2.25. The zero-order chi connectivity index (χ0) is 23.7. The van der Waals surface area contributed by atoms with E-state index < -0.39 is 30.1 Å². The quantitative estimate of drug-likeness (QED) is 0.634. The van der Waals surface area contributed by atoms with E-state index in [2.05, 4.69) is 33.9 Å². The van der Waals surface area contributed by atoms with Gasteiger partial charge in [-0.2, -0.15) is 0 Å². The lowest BCUT2D eigenvalue weighted by atomic mass is 9.58. The van der Waals surface area contributed by atoms with Gasteiger partial charge in [-0.15, -0.1) is 0 Å². The van der Waals surface area contributed by atoms with Crippen LogP contribution in [0, 0.1) is 23.7 Å². The van der Waals surface area contributed by atoms with Crippen molar-refractivity contribution in [3.63, 3.8) is 0 Å². The van der Waals surface area contributed by atoms with E-state index in [4.69, 9.17) is 24.0 Å². The van der Waals surface area contributed by atoms with Gasteiger partial charge in [-0.3, -0.25) is 5.32 Å². The number of amides is 1. The normalized spacial score (nSPS) is 40.9. The summed E-state index contributed by atoms with van der Waals surface area (Å²) in [6.45, 7) is 6.37. The van der Waals surface area contributed by atoms with Crippen molar-refractivity contribution in [2.45, 2.75) is 70.4 Å². The van der Waals surface area contributed by atoms with Gasteiger partial charge in [-0.25, -0.2) is 19.6 Å². The molecule has 4 aliphatic heterocycles. The number of hydrogen-bond acceptors (Lipinski definition) is 8. The molecule has 5 heterocycles. The average Bonchev–Trinajstić information content (AvgIpc) is 3.07. The highest BCUT2D eigenvalue weighted by atomic mass is 17.3. The van der Waals surface area contributed by atoms with Crippen LogP contribution in [0.2, 0.25) is 0 Å². The summed E-state index contributed by atoms with van der Waals surface area (Å²) in [6, 6.07) is 5.52. The maximum atomic E-state index is 11.5. The Labute approximate surface area is 197 Å². The molecule has 5 fully saturated rings. The molecule has 10 heteroatoms. The second kappa shape index (κ2) is 7.81. The second-order valence-corrected chi connectivity index (χ2v) is 10.3. The lowest BCUT2D eigenvalue weighted by Crippen LogP contribution is -2.70. The summed E-state index contributed by atoms with van der Waals surface area (Å²) in [7, 11) is 1.30. The Bertz CT molecular complexity index is 1110. The van der Waals surface area contributed by atoms with E-state index in [1.165, 1.54) is 7.11 Å². The third-order valence-electron chi connectivity index (χ3n) is 8.21. The molecule has 2 N–H and O–H groups in total. The van der Waals surface area contributed by atoms with E-state index >= 15 is 0 Å². The van der Waals surface area contributed by atoms with Crippen LogP contribution in [0.1, 0.15) is 46.5 Å². The van der Waals surface area contributed by atoms with Crippen molar-refractivity contribution in [1.29, 1.82) is 0 Å². The van der Waals surface area contributed by atoms with Gasteiger partial charge >= 0.3 is 6.09 Å². The predicted molar refractivity (Wildman–Crippen MR) is 120 cm³/mol. The highest BCUT2D eigenvalue weighted by molar-refractivity contribution is 5.86. The fraction of sp³-hybridized carbons (Fsp3) is 0.667. The molecule has 5 aliphatic rings. The number of carbonyl (C=O) groups excluding carboxylic acids is 1. The first-order valence-corrected chi connectivity index (χ1v) is 12.0. The molecule has 1 saturated carbocycles. The van der Waals surface area contributed by atoms with Crippen LogP contribution in [0.3, 0.4) is 0 Å². The van der Waals surface area contributed by atoms with Crippen LogP contribution in [0.5, 0.6) is 5.75 Å². The van der Waals surface area contributed by atoms with Gasteiger partial charge in [0.2, 0.25) is 18.0 Å². The molecular weight excluding hydrogens is 442 g/mol. The van der Waals surface area contributed by atoms with Crippen molar-refractivity contribution in [3.8, 4) is 5.75 Å². The number of fused-ring (bicyclic) bond motifs is 3. The van der Waals surface area contributed by atoms with Crippen molar-refractivity contribution >= 4 is 23.1 Å². The SMILES string of the molecule is COC(=O)Nc1nc2ccc(OC3O[C@@H]4O[C@]5(C)CC[C@H]6[C@H](C)CCC([C@H]3C)[C@@]46OO5)cc2[nH]1. The number of benzene rings is 1. The number of anilines is 1. The molecule has 34 heavy (non-hydrogen) atoms. The number of nitrogens with zero attached hydrogens (tertiary/aromatic N) is 1. The van der Waals surface area contributed by atoms with Crippen LogP contribution < -0.4 is 10.1 Å². The maximum Gasteiger partial charge on any atom is 0.413 e. The topological polar surface area (TPSA) is 113 Å². The van der Waals surface area contributed by atoms with Crippen molar-refractivity contribution in [1.82, 2.24) is 9.97 Å². The molecule has 1 spiro atoms. The monoisotopic (exact) mass is 473 g/mol. The summed E-state index contributed by atoms with van der Waals surface area (Å²) in [5.74, 6) is 1.19. The van der Waals surface area contributed by atoms with E-state index in [0.717, 1.165) is 31.2 Å². The van der Waals surface area contributed by atoms with Crippen LogP contribution in [0.4, 0.5) is 10.7 Å². The first kappa shape index (κ1) is 22.1. The van der Waals surface area contributed by atoms with Gasteiger partial charge in [-0.05, 0) is 50.2 Å². The van der Waals surface area contributed by atoms with E-state index in [-0.39, 0.29) is 11.8 Å². The zero-order valence-corrected chi connectivity index (χ0v) is 19.8. The highest BCUT2D eigenvalue weighted by Crippen LogP contribution is 2.60. The molecule has 0 radical (unpaired) electrons. The van der Waals surface area contributed by atoms with Crippen LogP contribution in [-0.2, 0) is 24.0 Å². The number of imidazole rings is 1. The van der Waals surface area contributed by atoms with Crippen LogP contribution >= 0.6 is 0 Å². The number of carbonyl (C=O) groups is 1. The number of nitrogens with one attached hydrogen (secondary N) is 2. The van der Waals surface area contributed by atoms with Crippen molar-refractivity contribution in [3.05, 3.63) is 18.2 Å². The number of ether oxygens (including phenoxy) is 4. The van der Waals surface area contributed by atoms with Gasteiger partial charge in [-0.1, -0.05) is 13.8 Å². The van der Waals surface area contributed by atoms with Gasteiger partial charge < -0.3 is 23.9 Å². The van der Waals surface area contributed by atoms with Crippen LogP contribution in [-0.4, -0.2) is 47.1 Å². The fourth-order valence-electron chi connectivity index (χ4n) is 6.41. The van der Waals surface area contributed by atoms with Crippen molar-refractivity contribution in [2.24, 2.45) is 23.7 Å². The summed E-state index contributed by atoms with van der Waals surface area (Å²) in [4.78, 5) is 31.0. The Morgan fingerprint density at radius 1 is 1.21 bits per heavy atom. The summed E-state index contributed by atoms with van der Waals surface area (Å²) >= 11 is 0. The maximum absolute atomic E-state index is 11.5. The summed E-state index contributed by atoms with van der Waals surface area (Å²) < 4.78 is 23.9. The molecule has 184 valence electrons. The Hall–Kier alpha value is -2.40. The van der Waals surface area contributed by atoms with Gasteiger partial charge in [0.05, 0.1) is 18.1 Å². The Balaban J connectivity index is 1.27. The zero-order valence-electron chi connectivity index (χ0n) is 19.8. The lowest BCUT2D eigenvalue weighted by molar-refractivity contribution is -0.575. The van der Waals surface area contributed by atoms with Crippen molar-refractivity contribution < 1.29 is 33.5 Å². The third kappa shape index (κ3) is 3.30.